The molecule has 0 heterocycles. The predicted molar refractivity (Wildman–Crippen MR) is 102 cm³/mol. The van der Waals surface area contributed by atoms with Crippen LogP contribution >= 0.6 is 11.6 Å². The highest BCUT2D eigenvalue weighted by molar-refractivity contribution is 6.35. The number of rotatable bonds is 6. The van der Waals surface area contributed by atoms with Crippen LogP contribution in [0.4, 0.5) is 17.1 Å². The maximum Gasteiger partial charge on any atom is 0.337 e. The van der Waals surface area contributed by atoms with E-state index in [0.717, 1.165) is 26.4 Å². The minimum absolute atomic E-state index is 0.0662. The molecule has 2 aromatic rings. The molecule has 0 aliphatic rings. The van der Waals surface area contributed by atoms with Gasteiger partial charge in [0.05, 0.1) is 40.8 Å². The normalized spacial score (nSPS) is 10.1. The second kappa shape index (κ2) is 8.96. The van der Waals surface area contributed by atoms with E-state index in [1.54, 1.807) is 0 Å². The van der Waals surface area contributed by atoms with Gasteiger partial charge in [0.25, 0.3) is 17.3 Å². The van der Waals surface area contributed by atoms with Crippen molar-refractivity contribution in [1.29, 1.82) is 0 Å². The molecule has 1 amide bonds. The average molecular weight is 438 g/mol. The monoisotopic (exact) mass is 437 g/mol. The van der Waals surface area contributed by atoms with Gasteiger partial charge >= 0.3 is 11.9 Å². The number of ether oxygens (including phenoxy) is 2. The first-order valence-corrected chi connectivity index (χ1v) is 8.22. The molecule has 13 heteroatoms. The number of benzene rings is 2. The van der Waals surface area contributed by atoms with Crippen LogP contribution in [0.25, 0.3) is 0 Å². The molecular weight excluding hydrogens is 426 g/mol. The molecule has 0 bridgehead atoms. The van der Waals surface area contributed by atoms with Gasteiger partial charge in [-0.2, -0.15) is 0 Å². The number of halogens is 1. The van der Waals surface area contributed by atoms with Crippen molar-refractivity contribution in [2.45, 2.75) is 0 Å². The summed E-state index contributed by atoms with van der Waals surface area (Å²) in [4.78, 5) is 56.4. The number of anilines is 1. The van der Waals surface area contributed by atoms with E-state index < -0.39 is 49.7 Å². The quantitative estimate of drug-likeness (QED) is 0.405. The first-order valence-electron chi connectivity index (χ1n) is 7.84. The van der Waals surface area contributed by atoms with Crippen LogP contribution in [0.2, 0.25) is 5.02 Å². The topological polar surface area (TPSA) is 168 Å². The van der Waals surface area contributed by atoms with Crippen LogP contribution in [0.3, 0.4) is 0 Å². The Kier molecular flexibility index (Phi) is 6.64. The molecule has 0 unspecified atom stereocenters. The van der Waals surface area contributed by atoms with Crippen LogP contribution in [0.15, 0.2) is 30.3 Å². The number of hydrogen-bond acceptors (Lipinski definition) is 9. The smallest absolute Gasteiger partial charge is 0.337 e. The van der Waals surface area contributed by atoms with Crippen molar-refractivity contribution in [2.24, 2.45) is 0 Å². The van der Waals surface area contributed by atoms with Crippen LogP contribution in [0.1, 0.15) is 31.1 Å². The molecule has 156 valence electrons. The lowest BCUT2D eigenvalue weighted by Gasteiger charge is -2.10. The minimum atomic E-state index is -0.990. The highest BCUT2D eigenvalue weighted by Gasteiger charge is 2.27. The van der Waals surface area contributed by atoms with E-state index in [0.29, 0.717) is 0 Å². The molecular formula is C17H12ClN3O9. The van der Waals surface area contributed by atoms with Crippen molar-refractivity contribution in [3.63, 3.8) is 0 Å². The summed E-state index contributed by atoms with van der Waals surface area (Å²) >= 11 is 5.66. The maximum absolute atomic E-state index is 12.5. The third-order valence-electron chi connectivity index (χ3n) is 3.72. The van der Waals surface area contributed by atoms with Gasteiger partial charge in [-0.15, -0.1) is 0 Å². The fourth-order valence-corrected chi connectivity index (χ4v) is 2.61. The number of carbonyl (C=O) groups is 3. The van der Waals surface area contributed by atoms with E-state index in [1.807, 2.05) is 0 Å². The molecule has 12 nitrogen and oxygen atoms in total. The summed E-state index contributed by atoms with van der Waals surface area (Å²) in [5, 5.41) is 23.8. The molecule has 1 N–H and O–H groups in total. The molecule has 0 spiro atoms. The molecule has 0 saturated carbocycles. The summed E-state index contributed by atoms with van der Waals surface area (Å²) in [6.07, 6.45) is 0. The van der Waals surface area contributed by atoms with Gasteiger partial charge < -0.3 is 14.8 Å². The number of nitrogens with zero attached hydrogens (tertiary/aromatic N) is 2. The Balaban J connectivity index is 2.51. The van der Waals surface area contributed by atoms with Crippen LogP contribution in [-0.2, 0) is 9.47 Å². The molecule has 30 heavy (non-hydrogen) atoms. The second-order valence-electron chi connectivity index (χ2n) is 5.58. The molecule has 0 aliphatic carbocycles. The molecule has 0 radical (unpaired) electrons. The number of nitro benzene ring substituents is 2. The van der Waals surface area contributed by atoms with Crippen molar-refractivity contribution < 1.29 is 33.7 Å². The highest BCUT2D eigenvalue weighted by Crippen LogP contribution is 2.35. The van der Waals surface area contributed by atoms with Crippen LogP contribution in [-0.4, -0.2) is 41.9 Å². The van der Waals surface area contributed by atoms with Crippen molar-refractivity contribution in [3.05, 3.63) is 72.3 Å². The van der Waals surface area contributed by atoms with E-state index in [-0.39, 0.29) is 16.8 Å². The summed E-state index contributed by atoms with van der Waals surface area (Å²) in [5.41, 5.74) is -2.37. The highest BCUT2D eigenvalue weighted by atomic mass is 35.5. The Morgan fingerprint density at radius 2 is 1.27 bits per heavy atom. The SMILES string of the molecule is COC(=O)c1cc(NC(=O)c2cc([N+](=O)[O-])c(Cl)c([N+](=O)[O-])c2)cc(C(=O)OC)c1. The number of nitrogens with one attached hydrogen (secondary N) is 1. The lowest BCUT2D eigenvalue weighted by molar-refractivity contribution is -0.393. The van der Waals surface area contributed by atoms with Gasteiger partial charge in [-0.3, -0.25) is 25.0 Å². The summed E-state index contributed by atoms with van der Waals surface area (Å²) < 4.78 is 9.16. The molecule has 0 aromatic heterocycles. The van der Waals surface area contributed by atoms with Crippen molar-refractivity contribution in [1.82, 2.24) is 0 Å². The Morgan fingerprint density at radius 3 is 1.63 bits per heavy atom. The first-order chi connectivity index (χ1) is 14.1. The molecule has 0 saturated heterocycles. The van der Waals surface area contributed by atoms with E-state index in [2.05, 4.69) is 14.8 Å². The third kappa shape index (κ3) is 4.67. The van der Waals surface area contributed by atoms with Crippen LogP contribution in [0.5, 0.6) is 0 Å². The molecule has 0 aliphatic heterocycles. The third-order valence-corrected chi connectivity index (χ3v) is 4.11. The number of methoxy groups -OCH3 is 2. The summed E-state index contributed by atoms with van der Waals surface area (Å²) in [6.45, 7) is 0. The lowest BCUT2D eigenvalue weighted by Crippen LogP contribution is -2.15. The van der Waals surface area contributed by atoms with E-state index in [4.69, 9.17) is 11.6 Å². The van der Waals surface area contributed by atoms with Crippen molar-refractivity contribution in [3.8, 4) is 0 Å². The van der Waals surface area contributed by atoms with E-state index >= 15 is 0 Å². The fraction of sp³-hybridized carbons (Fsp3) is 0.118. The van der Waals surface area contributed by atoms with E-state index in [9.17, 15) is 34.6 Å². The maximum atomic E-state index is 12.5. The summed E-state index contributed by atoms with van der Waals surface area (Å²) in [6, 6.07) is 5.04. The number of hydrogen-bond donors (Lipinski definition) is 1. The van der Waals surface area contributed by atoms with Crippen LogP contribution < -0.4 is 5.32 Å². The van der Waals surface area contributed by atoms with Crippen molar-refractivity contribution >= 4 is 46.5 Å². The zero-order valence-electron chi connectivity index (χ0n) is 15.3. The molecule has 0 fully saturated rings. The van der Waals surface area contributed by atoms with Gasteiger partial charge in [-0.1, -0.05) is 11.6 Å². The van der Waals surface area contributed by atoms with Crippen molar-refractivity contribution in [2.75, 3.05) is 19.5 Å². The van der Waals surface area contributed by atoms with Gasteiger partial charge in [0, 0.05) is 17.8 Å². The van der Waals surface area contributed by atoms with E-state index in [1.165, 1.54) is 18.2 Å². The predicted octanol–water partition coefficient (Wildman–Crippen LogP) is 2.98. The molecule has 2 aromatic carbocycles. The summed E-state index contributed by atoms with van der Waals surface area (Å²) in [5.74, 6) is -2.61. The zero-order chi connectivity index (χ0) is 22.6. The number of amides is 1. The van der Waals surface area contributed by atoms with Gasteiger partial charge in [0.1, 0.15) is 0 Å². The standard InChI is InChI=1S/C17H12ClN3O9/c1-29-16(23)9-3-10(17(24)30-2)5-11(4-9)19-15(22)8-6-12(20(25)26)14(18)13(7-8)21(27)28/h3-7H,1-2H3,(H,19,22). The zero-order valence-corrected chi connectivity index (χ0v) is 16.1. The largest absolute Gasteiger partial charge is 0.465 e. The number of esters is 2. The first kappa shape index (κ1) is 22.2. The Morgan fingerprint density at radius 1 is 0.833 bits per heavy atom. The fourth-order valence-electron chi connectivity index (χ4n) is 2.37. The number of carbonyl (C=O) groups excluding carboxylic acids is 3. The van der Waals surface area contributed by atoms with Gasteiger partial charge in [-0.25, -0.2) is 9.59 Å². The second-order valence-corrected chi connectivity index (χ2v) is 5.96. The Bertz CT molecular complexity index is 1010. The van der Waals surface area contributed by atoms with Gasteiger partial charge in [0.15, 0.2) is 5.02 Å². The summed E-state index contributed by atoms with van der Waals surface area (Å²) in [7, 11) is 2.22. The molecule has 2 rings (SSSR count). The molecule has 0 atom stereocenters. The lowest BCUT2D eigenvalue weighted by atomic mass is 10.1. The Labute approximate surface area is 172 Å². The number of nitro groups is 2. The van der Waals surface area contributed by atoms with Crippen LogP contribution in [0, 0.1) is 20.2 Å². The van der Waals surface area contributed by atoms with Gasteiger partial charge in [0.2, 0.25) is 0 Å². The Hall–Kier alpha value is -4.06. The van der Waals surface area contributed by atoms with Gasteiger partial charge in [-0.05, 0) is 18.2 Å². The average Bonchev–Trinajstić information content (AvgIpc) is 2.71. The minimum Gasteiger partial charge on any atom is -0.465 e.